The summed E-state index contributed by atoms with van der Waals surface area (Å²) in [6, 6.07) is 13.1. The molecule has 2 N–H and O–H groups in total. The Morgan fingerprint density at radius 3 is 2.05 bits per heavy atom. The predicted octanol–water partition coefficient (Wildman–Crippen LogP) is 4.14. The van der Waals surface area contributed by atoms with Crippen LogP contribution >= 0.6 is 0 Å². The number of benzene rings is 3. The minimum Gasteiger partial charge on any atom is -0.368 e. The van der Waals surface area contributed by atoms with E-state index in [0.29, 0.717) is 62.6 Å². The van der Waals surface area contributed by atoms with E-state index in [0.717, 1.165) is 31.2 Å². The van der Waals surface area contributed by atoms with Gasteiger partial charge >= 0.3 is 0 Å². The number of anilines is 2. The van der Waals surface area contributed by atoms with E-state index in [4.69, 9.17) is 0 Å². The molecule has 2 fully saturated rings. The molecule has 0 radical (unpaired) electrons. The smallest absolute Gasteiger partial charge is 0.255 e. The monoisotopic (exact) mass is 579 g/mol. The van der Waals surface area contributed by atoms with Crippen LogP contribution in [0.25, 0.3) is 0 Å². The average molecular weight is 580 g/mol. The van der Waals surface area contributed by atoms with Gasteiger partial charge in [-0.05, 0) is 74.0 Å². The Kier molecular flexibility index (Phi) is 9.06. The summed E-state index contributed by atoms with van der Waals surface area (Å²) in [5.74, 6) is -3.16. The van der Waals surface area contributed by atoms with Gasteiger partial charge in [-0.25, -0.2) is 13.2 Å². The molecule has 0 aromatic heterocycles. The fourth-order valence-electron chi connectivity index (χ4n) is 5.29. The van der Waals surface area contributed by atoms with Crippen molar-refractivity contribution >= 4 is 29.1 Å². The lowest BCUT2D eigenvalue weighted by Crippen LogP contribution is -2.36. The van der Waals surface area contributed by atoms with Gasteiger partial charge in [-0.3, -0.25) is 14.4 Å². The second-order valence-corrected chi connectivity index (χ2v) is 10.4. The predicted molar refractivity (Wildman–Crippen MR) is 153 cm³/mol. The van der Waals surface area contributed by atoms with Crippen LogP contribution in [0.3, 0.4) is 0 Å². The van der Waals surface area contributed by atoms with Gasteiger partial charge < -0.3 is 25.3 Å². The van der Waals surface area contributed by atoms with Crippen LogP contribution in [0.15, 0.2) is 60.7 Å². The third kappa shape index (κ3) is 6.91. The zero-order valence-electron chi connectivity index (χ0n) is 23.0. The lowest BCUT2D eigenvalue weighted by atomic mass is 10.1. The summed E-state index contributed by atoms with van der Waals surface area (Å²) in [5.41, 5.74) is 1.70. The number of nitrogens with zero attached hydrogens (tertiary/aromatic N) is 3. The number of hydrogen-bond acceptors (Lipinski definition) is 5. The van der Waals surface area contributed by atoms with Crippen molar-refractivity contribution in [3.63, 3.8) is 0 Å². The second kappa shape index (κ2) is 13.1. The van der Waals surface area contributed by atoms with E-state index >= 15 is 0 Å². The molecule has 3 aromatic carbocycles. The van der Waals surface area contributed by atoms with Crippen LogP contribution in [0.2, 0.25) is 0 Å². The molecule has 2 heterocycles. The zero-order valence-corrected chi connectivity index (χ0v) is 23.0. The van der Waals surface area contributed by atoms with Crippen molar-refractivity contribution in [2.24, 2.45) is 0 Å². The maximum absolute atomic E-state index is 13.7. The van der Waals surface area contributed by atoms with Crippen molar-refractivity contribution in [3.05, 3.63) is 94.8 Å². The number of nitrogens with one attached hydrogen (secondary N) is 2. The number of halogens is 3. The number of hydrogen-bond donors (Lipinski definition) is 2. The Labute approximate surface area is 242 Å². The maximum atomic E-state index is 13.7. The topological polar surface area (TPSA) is 85.0 Å². The first kappa shape index (κ1) is 29.1. The van der Waals surface area contributed by atoms with Crippen molar-refractivity contribution in [1.29, 1.82) is 0 Å². The quantitative estimate of drug-likeness (QED) is 0.475. The SMILES string of the molecule is O=C(Nc1cc(C(=O)N2CCCNCC2)ccc1N1CCCN(C(=O)c2cc(F)cc(F)c2)CC1)c1ccc(F)cc1. The third-order valence-electron chi connectivity index (χ3n) is 7.46. The summed E-state index contributed by atoms with van der Waals surface area (Å²) >= 11 is 0. The molecule has 0 spiro atoms. The first-order valence-electron chi connectivity index (χ1n) is 14.0. The third-order valence-corrected chi connectivity index (χ3v) is 7.46. The standard InChI is InChI=1S/C31H32F3N5O3/c32-24-6-3-21(4-7-24)29(40)36-27-19-22(30(41)38-11-1-9-35-10-14-38)5-8-28(27)37-12-2-13-39(16-15-37)31(42)23-17-25(33)20-26(34)18-23/h3-8,17-20,35H,1-2,9-16H2,(H,36,40). The first-order valence-corrected chi connectivity index (χ1v) is 14.0. The Morgan fingerprint density at radius 2 is 1.29 bits per heavy atom. The average Bonchev–Trinajstić information content (AvgIpc) is 3.40. The minimum atomic E-state index is -0.817. The highest BCUT2D eigenvalue weighted by molar-refractivity contribution is 6.07. The van der Waals surface area contributed by atoms with Crippen LogP contribution in [-0.2, 0) is 0 Å². The van der Waals surface area contributed by atoms with Crippen molar-refractivity contribution in [2.45, 2.75) is 12.8 Å². The molecule has 0 unspecified atom stereocenters. The molecule has 2 aliphatic heterocycles. The summed E-state index contributed by atoms with van der Waals surface area (Å²) in [5, 5.41) is 6.18. The number of amides is 3. The van der Waals surface area contributed by atoms with E-state index in [1.807, 2.05) is 4.90 Å². The highest BCUT2D eigenvalue weighted by Crippen LogP contribution is 2.30. The van der Waals surface area contributed by atoms with Gasteiger partial charge in [0.05, 0.1) is 11.4 Å². The van der Waals surface area contributed by atoms with Gasteiger partial charge in [0.2, 0.25) is 0 Å². The van der Waals surface area contributed by atoms with Crippen LogP contribution in [0.5, 0.6) is 0 Å². The lowest BCUT2D eigenvalue weighted by molar-refractivity contribution is 0.0758. The molecule has 11 heteroatoms. The number of carbonyl (C=O) groups excluding carboxylic acids is 3. The molecule has 0 aliphatic carbocycles. The molecule has 8 nitrogen and oxygen atoms in total. The molecule has 2 saturated heterocycles. The van der Waals surface area contributed by atoms with Gasteiger partial charge in [-0.15, -0.1) is 0 Å². The highest BCUT2D eigenvalue weighted by Gasteiger charge is 2.25. The minimum absolute atomic E-state index is 0.0558. The van der Waals surface area contributed by atoms with Crippen molar-refractivity contribution in [1.82, 2.24) is 15.1 Å². The van der Waals surface area contributed by atoms with E-state index in [1.54, 1.807) is 28.0 Å². The van der Waals surface area contributed by atoms with E-state index in [9.17, 15) is 27.6 Å². The zero-order chi connectivity index (χ0) is 29.6. The summed E-state index contributed by atoms with van der Waals surface area (Å²) < 4.78 is 40.9. The fourth-order valence-corrected chi connectivity index (χ4v) is 5.29. The summed E-state index contributed by atoms with van der Waals surface area (Å²) in [7, 11) is 0. The largest absolute Gasteiger partial charge is 0.368 e. The molecular weight excluding hydrogens is 547 g/mol. The Hall–Kier alpha value is -4.38. The van der Waals surface area contributed by atoms with Crippen LogP contribution in [0.4, 0.5) is 24.5 Å². The van der Waals surface area contributed by atoms with Crippen LogP contribution < -0.4 is 15.5 Å². The van der Waals surface area contributed by atoms with Gasteiger partial charge in [0.15, 0.2) is 0 Å². The lowest BCUT2D eigenvalue weighted by Gasteiger charge is -2.27. The van der Waals surface area contributed by atoms with Crippen LogP contribution in [0, 0.1) is 17.5 Å². The van der Waals surface area contributed by atoms with E-state index in [2.05, 4.69) is 10.6 Å². The summed E-state index contributed by atoms with van der Waals surface area (Å²) in [6.07, 6.45) is 1.40. The molecular formula is C31H32F3N5O3. The molecule has 220 valence electrons. The van der Waals surface area contributed by atoms with Gasteiger partial charge in [0.1, 0.15) is 17.5 Å². The molecule has 0 atom stereocenters. The Balaban J connectivity index is 1.39. The van der Waals surface area contributed by atoms with E-state index < -0.39 is 29.3 Å². The maximum Gasteiger partial charge on any atom is 0.255 e. The molecule has 3 amide bonds. The fraction of sp³-hybridized carbons (Fsp3) is 0.323. The van der Waals surface area contributed by atoms with Gasteiger partial charge in [0.25, 0.3) is 17.7 Å². The number of rotatable bonds is 5. The number of carbonyl (C=O) groups is 3. The normalized spacial score (nSPS) is 16.0. The Bertz CT molecular complexity index is 1440. The van der Waals surface area contributed by atoms with Crippen LogP contribution in [0.1, 0.15) is 43.9 Å². The highest BCUT2D eigenvalue weighted by atomic mass is 19.1. The molecule has 42 heavy (non-hydrogen) atoms. The van der Waals surface area contributed by atoms with E-state index in [-0.39, 0.29) is 23.6 Å². The Morgan fingerprint density at radius 1 is 0.619 bits per heavy atom. The van der Waals surface area contributed by atoms with Crippen LogP contribution in [-0.4, -0.2) is 79.9 Å². The second-order valence-electron chi connectivity index (χ2n) is 10.4. The van der Waals surface area contributed by atoms with Crippen molar-refractivity contribution < 1.29 is 27.6 Å². The first-order chi connectivity index (χ1) is 20.3. The molecule has 3 aromatic rings. The summed E-state index contributed by atoms with van der Waals surface area (Å²) in [6.45, 7) is 4.31. The van der Waals surface area contributed by atoms with Gasteiger partial charge in [0, 0.05) is 68.6 Å². The molecule has 0 bridgehead atoms. The van der Waals surface area contributed by atoms with Crippen molar-refractivity contribution in [3.8, 4) is 0 Å². The van der Waals surface area contributed by atoms with Crippen molar-refractivity contribution in [2.75, 3.05) is 62.6 Å². The van der Waals surface area contributed by atoms with Gasteiger partial charge in [-0.2, -0.15) is 0 Å². The van der Waals surface area contributed by atoms with Gasteiger partial charge in [-0.1, -0.05) is 0 Å². The molecule has 5 rings (SSSR count). The van der Waals surface area contributed by atoms with E-state index in [1.165, 1.54) is 24.3 Å². The molecule has 0 saturated carbocycles. The molecule has 2 aliphatic rings. The summed E-state index contributed by atoms with van der Waals surface area (Å²) in [4.78, 5) is 44.9.